The van der Waals surface area contributed by atoms with Gasteiger partial charge < -0.3 is 4.90 Å². The summed E-state index contributed by atoms with van der Waals surface area (Å²) in [6.07, 6.45) is 4.11. The molecule has 1 saturated carbocycles. The lowest BCUT2D eigenvalue weighted by Crippen LogP contribution is -2.33. The average molecular weight is 326 g/mol. The summed E-state index contributed by atoms with van der Waals surface area (Å²) in [7, 11) is 0. The third kappa shape index (κ3) is 4.58. The van der Waals surface area contributed by atoms with E-state index in [1.54, 1.807) is 0 Å². The minimum Gasteiger partial charge on any atom is -0.335 e. The van der Waals surface area contributed by atoms with Gasteiger partial charge in [0.2, 0.25) is 5.91 Å². The number of hydrogen-bond donors (Lipinski definition) is 0. The van der Waals surface area contributed by atoms with E-state index in [1.165, 1.54) is 22.9 Å². The van der Waals surface area contributed by atoms with Gasteiger partial charge in [0.05, 0.1) is 10.8 Å². The van der Waals surface area contributed by atoms with Crippen molar-refractivity contribution < 1.29 is 4.79 Å². The molecule has 1 fully saturated rings. The van der Waals surface area contributed by atoms with Crippen LogP contribution in [0.3, 0.4) is 0 Å². The van der Waals surface area contributed by atoms with Crippen molar-refractivity contribution in [1.82, 2.24) is 9.88 Å². The highest BCUT2D eigenvalue weighted by molar-refractivity contribution is 7.99. The molecule has 23 heavy (non-hydrogen) atoms. The Balaban J connectivity index is 1.60. The molecule has 0 bridgehead atoms. The van der Waals surface area contributed by atoms with Gasteiger partial charge in [-0.3, -0.25) is 4.79 Å². The highest BCUT2D eigenvalue weighted by Gasteiger charge is 2.32. The van der Waals surface area contributed by atoms with Crippen molar-refractivity contribution in [3.8, 4) is 0 Å². The lowest BCUT2D eigenvalue weighted by atomic mass is 10.1. The van der Waals surface area contributed by atoms with Crippen molar-refractivity contribution >= 4 is 17.7 Å². The Labute approximate surface area is 142 Å². The summed E-state index contributed by atoms with van der Waals surface area (Å²) in [5, 5.41) is 0.912. The Hall–Kier alpha value is -1.81. The predicted molar refractivity (Wildman–Crippen MR) is 94.4 cm³/mol. The number of aryl methyl sites for hydroxylation is 2. The van der Waals surface area contributed by atoms with Gasteiger partial charge in [0.1, 0.15) is 0 Å². The number of carbonyl (C=O) groups excluding carboxylic acids is 1. The quantitative estimate of drug-likeness (QED) is 0.753. The van der Waals surface area contributed by atoms with Crippen LogP contribution >= 0.6 is 11.8 Å². The number of benzene rings is 1. The first-order valence-electron chi connectivity index (χ1n) is 8.02. The van der Waals surface area contributed by atoms with Crippen molar-refractivity contribution in [1.29, 1.82) is 0 Å². The topological polar surface area (TPSA) is 33.2 Å². The van der Waals surface area contributed by atoms with Crippen LogP contribution in [0.4, 0.5) is 0 Å². The zero-order chi connectivity index (χ0) is 16.2. The zero-order valence-electron chi connectivity index (χ0n) is 13.7. The first-order valence-corrected chi connectivity index (χ1v) is 9.01. The fourth-order valence-electron chi connectivity index (χ4n) is 2.46. The molecular formula is C19H22N2OS. The molecule has 1 aromatic heterocycles. The summed E-state index contributed by atoms with van der Waals surface area (Å²) in [4.78, 5) is 19.0. The number of thioether (sulfide) groups is 1. The third-order valence-corrected chi connectivity index (χ3v) is 4.94. The lowest BCUT2D eigenvalue weighted by molar-refractivity contribution is -0.129. The molecule has 1 heterocycles. The predicted octanol–water partition coefficient (Wildman–Crippen LogP) is 3.98. The molecule has 1 amide bonds. The van der Waals surface area contributed by atoms with Crippen LogP contribution in [0, 0.1) is 13.8 Å². The molecule has 1 aliphatic rings. The summed E-state index contributed by atoms with van der Waals surface area (Å²) in [5.74, 6) is 0.666. The van der Waals surface area contributed by atoms with Gasteiger partial charge in [-0.2, -0.15) is 0 Å². The fourth-order valence-corrected chi connectivity index (χ4v) is 3.18. The molecule has 4 heteroatoms. The van der Waals surface area contributed by atoms with Crippen molar-refractivity contribution in [2.45, 2.75) is 44.3 Å². The summed E-state index contributed by atoms with van der Waals surface area (Å²) < 4.78 is 0. The van der Waals surface area contributed by atoms with Gasteiger partial charge in [-0.15, -0.1) is 0 Å². The van der Waals surface area contributed by atoms with Crippen LogP contribution in [0.25, 0.3) is 0 Å². The molecule has 0 radical (unpaired) electrons. The molecule has 1 aromatic carbocycles. The molecule has 0 aliphatic heterocycles. The molecule has 1 aliphatic carbocycles. The van der Waals surface area contributed by atoms with Crippen LogP contribution in [0.5, 0.6) is 0 Å². The van der Waals surface area contributed by atoms with Crippen LogP contribution in [0.15, 0.2) is 47.6 Å². The van der Waals surface area contributed by atoms with E-state index in [1.807, 2.05) is 30.2 Å². The van der Waals surface area contributed by atoms with E-state index in [-0.39, 0.29) is 5.91 Å². The molecule has 0 unspecified atom stereocenters. The maximum Gasteiger partial charge on any atom is 0.233 e. The van der Waals surface area contributed by atoms with Crippen LogP contribution in [-0.2, 0) is 11.3 Å². The minimum atomic E-state index is 0.209. The Bertz CT molecular complexity index is 663. The lowest BCUT2D eigenvalue weighted by Gasteiger charge is -2.22. The van der Waals surface area contributed by atoms with Crippen LogP contribution < -0.4 is 0 Å². The second kappa shape index (κ2) is 7.18. The van der Waals surface area contributed by atoms with Gasteiger partial charge >= 0.3 is 0 Å². The third-order valence-electron chi connectivity index (χ3n) is 4.01. The summed E-state index contributed by atoms with van der Waals surface area (Å²) in [5.41, 5.74) is 3.59. The van der Waals surface area contributed by atoms with Gasteiger partial charge in [-0.1, -0.05) is 47.7 Å². The maximum atomic E-state index is 12.6. The molecule has 3 rings (SSSR count). The van der Waals surface area contributed by atoms with E-state index in [2.05, 4.69) is 36.2 Å². The maximum absolute atomic E-state index is 12.6. The number of pyridine rings is 1. The molecule has 2 aromatic rings. The van der Waals surface area contributed by atoms with Gasteiger partial charge in [-0.25, -0.2) is 4.98 Å². The summed E-state index contributed by atoms with van der Waals surface area (Å²) in [6, 6.07) is 12.9. The Morgan fingerprint density at radius 2 is 1.83 bits per heavy atom. The highest BCUT2D eigenvalue weighted by Crippen LogP contribution is 2.29. The highest BCUT2D eigenvalue weighted by atomic mass is 32.2. The van der Waals surface area contributed by atoms with Gasteiger partial charge in [0.15, 0.2) is 0 Å². The van der Waals surface area contributed by atoms with Gasteiger partial charge in [0.25, 0.3) is 0 Å². The van der Waals surface area contributed by atoms with Gasteiger partial charge in [0, 0.05) is 18.8 Å². The smallest absolute Gasteiger partial charge is 0.233 e. The number of rotatable bonds is 6. The summed E-state index contributed by atoms with van der Waals surface area (Å²) in [6.45, 7) is 4.81. The number of amides is 1. The van der Waals surface area contributed by atoms with E-state index in [9.17, 15) is 4.79 Å². The van der Waals surface area contributed by atoms with E-state index in [0.717, 1.165) is 23.4 Å². The number of nitrogens with zero attached hydrogens (tertiary/aromatic N) is 2. The first-order chi connectivity index (χ1) is 11.1. The monoisotopic (exact) mass is 326 g/mol. The zero-order valence-corrected chi connectivity index (χ0v) is 14.5. The molecule has 0 saturated heterocycles. The molecule has 0 atom stereocenters. The van der Waals surface area contributed by atoms with E-state index < -0.39 is 0 Å². The van der Waals surface area contributed by atoms with Gasteiger partial charge in [-0.05, 0) is 43.9 Å². The van der Waals surface area contributed by atoms with Crippen LogP contribution in [0.2, 0.25) is 0 Å². The Morgan fingerprint density at radius 1 is 1.13 bits per heavy atom. The van der Waals surface area contributed by atoms with Crippen molar-refractivity contribution in [2.75, 3.05) is 5.75 Å². The van der Waals surface area contributed by atoms with Crippen LogP contribution in [0.1, 0.15) is 29.5 Å². The molecule has 0 spiro atoms. The second-order valence-electron chi connectivity index (χ2n) is 6.20. The van der Waals surface area contributed by atoms with Crippen molar-refractivity contribution in [3.63, 3.8) is 0 Å². The van der Waals surface area contributed by atoms with E-state index in [4.69, 9.17) is 0 Å². The SMILES string of the molecule is Cc1ccc(CN(C(=O)CSc2ccc(C)cn2)C2CC2)cc1. The fraction of sp³-hybridized carbons (Fsp3) is 0.368. The van der Waals surface area contributed by atoms with Crippen molar-refractivity contribution in [2.24, 2.45) is 0 Å². The number of hydrogen-bond acceptors (Lipinski definition) is 3. The first kappa shape index (κ1) is 16.1. The second-order valence-corrected chi connectivity index (χ2v) is 7.20. The average Bonchev–Trinajstić information content (AvgIpc) is 3.38. The van der Waals surface area contributed by atoms with E-state index >= 15 is 0 Å². The largest absolute Gasteiger partial charge is 0.335 e. The normalized spacial score (nSPS) is 13.8. The van der Waals surface area contributed by atoms with Crippen LogP contribution in [-0.4, -0.2) is 27.6 Å². The molecule has 120 valence electrons. The standard InChI is InChI=1S/C19H22N2OS/c1-14-3-6-16(7-4-14)12-21(17-8-9-17)19(22)13-23-18-10-5-15(2)11-20-18/h3-7,10-11,17H,8-9,12-13H2,1-2H3. The number of carbonyl (C=O) groups is 1. The Morgan fingerprint density at radius 3 is 2.43 bits per heavy atom. The number of aromatic nitrogens is 1. The molecule has 0 N–H and O–H groups in total. The molecular weight excluding hydrogens is 304 g/mol. The van der Waals surface area contributed by atoms with E-state index in [0.29, 0.717) is 18.3 Å². The van der Waals surface area contributed by atoms with Crippen molar-refractivity contribution in [3.05, 3.63) is 59.3 Å². The molecule has 3 nitrogen and oxygen atoms in total. The Kier molecular flexibility index (Phi) is 5.01. The summed E-state index contributed by atoms with van der Waals surface area (Å²) >= 11 is 1.52. The minimum absolute atomic E-state index is 0.209.